The van der Waals surface area contributed by atoms with Crippen LogP contribution in [0.15, 0.2) is 53.6 Å². The molecule has 38 heavy (non-hydrogen) atoms. The average Bonchev–Trinajstić information content (AvgIpc) is 3.41. The largest absolute Gasteiger partial charge is 0.494 e. The molecule has 11 nitrogen and oxygen atoms in total. The van der Waals surface area contributed by atoms with Crippen LogP contribution in [0.25, 0.3) is 0 Å². The van der Waals surface area contributed by atoms with Gasteiger partial charge in [0, 0.05) is 13.2 Å². The van der Waals surface area contributed by atoms with Crippen molar-refractivity contribution in [2.45, 2.75) is 38.8 Å². The molecule has 0 bridgehead atoms. The first-order chi connectivity index (χ1) is 18.2. The van der Waals surface area contributed by atoms with Crippen molar-refractivity contribution >= 4 is 33.7 Å². The molecule has 2 unspecified atom stereocenters. The van der Waals surface area contributed by atoms with Gasteiger partial charge in [-0.2, -0.15) is 5.10 Å². The zero-order valence-electron chi connectivity index (χ0n) is 21.8. The lowest BCUT2D eigenvalue weighted by molar-refractivity contribution is -0.123. The number of amides is 2. The maximum atomic E-state index is 12.7. The number of rotatable bonds is 13. The van der Waals surface area contributed by atoms with E-state index in [4.69, 9.17) is 14.2 Å². The van der Waals surface area contributed by atoms with E-state index in [-0.39, 0.29) is 18.6 Å². The molecular weight excluding hydrogens is 512 g/mol. The summed E-state index contributed by atoms with van der Waals surface area (Å²) >= 11 is 0. The maximum Gasteiger partial charge on any atom is 0.263 e. The molecule has 0 aliphatic carbocycles. The summed E-state index contributed by atoms with van der Waals surface area (Å²) in [6.07, 6.45) is 4.49. The molecule has 2 aromatic rings. The zero-order valence-corrected chi connectivity index (χ0v) is 22.6. The standard InChI is InChI=1S/C26H34N4O7S/c1-4-35-22-13-9-21(10-14-22)30(38(3,33)34)19(2)26(32)29-28-16-20-7-11-23(12-8-20)37-18-25(31)27-17-24-6-5-15-36-24/h7-14,16,19,24H,4-6,15,17-18H2,1-3H3,(H,27,31)(H,29,32)/b28-16+. The molecule has 1 fully saturated rings. The number of nitrogens with zero attached hydrogens (tertiary/aromatic N) is 2. The van der Waals surface area contributed by atoms with Crippen LogP contribution in [-0.4, -0.2) is 71.2 Å². The van der Waals surface area contributed by atoms with Gasteiger partial charge in [-0.1, -0.05) is 0 Å². The molecule has 2 atom stereocenters. The fourth-order valence-electron chi connectivity index (χ4n) is 3.81. The number of carbonyl (C=O) groups is 2. The SMILES string of the molecule is CCOc1ccc(N(C(C)C(=O)N/N=C/c2ccc(OCC(=O)NCC3CCCO3)cc2)S(C)(=O)=O)cc1. The second-order valence-electron chi connectivity index (χ2n) is 8.69. The summed E-state index contributed by atoms with van der Waals surface area (Å²) in [5, 5.41) is 6.73. The van der Waals surface area contributed by atoms with Crippen molar-refractivity contribution in [1.82, 2.24) is 10.7 Å². The van der Waals surface area contributed by atoms with E-state index in [0.29, 0.717) is 35.9 Å². The van der Waals surface area contributed by atoms with Gasteiger partial charge in [-0.15, -0.1) is 0 Å². The van der Waals surface area contributed by atoms with Gasteiger partial charge in [-0.05, 0) is 80.8 Å². The molecule has 1 heterocycles. The van der Waals surface area contributed by atoms with Crippen molar-refractivity contribution in [2.24, 2.45) is 5.10 Å². The third-order valence-electron chi connectivity index (χ3n) is 5.68. The van der Waals surface area contributed by atoms with E-state index in [1.54, 1.807) is 48.5 Å². The summed E-state index contributed by atoms with van der Waals surface area (Å²) in [5.41, 5.74) is 3.38. The first-order valence-electron chi connectivity index (χ1n) is 12.3. The molecule has 1 saturated heterocycles. The summed E-state index contributed by atoms with van der Waals surface area (Å²) in [6, 6.07) is 12.2. The number of hydrogen-bond acceptors (Lipinski definition) is 8. The van der Waals surface area contributed by atoms with Crippen molar-refractivity contribution in [2.75, 3.05) is 36.9 Å². The molecule has 3 rings (SSSR count). The normalized spacial score (nSPS) is 16.1. The number of sulfonamides is 1. The predicted octanol–water partition coefficient (Wildman–Crippen LogP) is 2.06. The highest BCUT2D eigenvalue weighted by Crippen LogP contribution is 2.24. The minimum absolute atomic E-state index is 0.0719. The predicted molar refractivity (Wildman–Crippen MR) is 144 cm³/mol. The highest BCUT2D eigenvalue weighted by atomic mass is 32.2. The number of ether oxygens (including phenoxy) is 3. The minimum atomic E-state index is -3.76. The van der Waals surface area contributed by atoms with Crippen LogP contribution < -0.4 is 24.5 Å². The Balaban J connectivity index is 1.50. The lowest BCUT2D eigenvalue weighted by Gasteiger charge is -2.27. The summed E-state index contributed by atoms with van der Waals surface area (Å²) in [7, 11) is -3.76. The molecule has 2 aromatic carbocycles. The molecule has 2 amide bonds. The van der Waals surface area contributed by atoms with Gasteiger partial charge in [0.25, 0.3) is 11.8 Å². The van der Waals surface area contributed by atoms with Crippen LogP contribution in [0.4, 0.5) is 5.69 Å². The van der Waals surface area contributed by atoms with Crippen molar-refractivity contribution in [3.63, 3.8) is 0 Å². The Morgan fingerprint density at radius 3 is 2.39 bits per heavy atom. The van der Waals surface area contributed by atoms with E-state index < -0.39 is 22.0 Å². The third kappa shape index (κ3) is 8.73. The number of carbonyl (C=O) groups excluding carboxylic acids is 2. The molecular formula is C26H34N4O7S. The maximum absolute atomic E-state index is 12.7. The summed E-state index contributed by atoms with van der Waals surface area (Å²) in [5.74, 6) is 0.276. The van der Waals surface area contributed by atoms with Crippen LogP contribution in [0.5, 0.6) is 11.5 Å². The first kappa shape index (κ1) is 28.9. The fraction of sp³-hybridized carbons (Fsp3) is 0.423. The van der Waals surface area contributed by atoms with E-state index >= 15 is 0 Å². The van der Waals surface area contributed by atoms with E-state index in [9.17, 15) is 18.0 Å². The summed E-state index contributed by atoms with van der Waals surface area (Å²) in [4.78, 5) is 24.6. The lowest BCUT2D eigenvalue weighted by Crippen LogP contribution is -2.46. The molecule has 1 aliphatic heterocycles. The quantitative estimate of drug-likeness (QED) is 0.290. The second kappa shape index (κ2) is 13.8. The Kier molecular flexibility index (Phi) is 10.5. The minimum Gasteiger partial charge on any atom is -0.494 e. The van der Waals surface area contributed by atoms with Crippen LogP contribution >= 0.6 is 0 Å². The van der Waals surface area contributed by atoms with E-state index in [1.807, 2.05) is 6.92 Å². The first-order valence-corrected chi connectivity index (χ1v) is 14.2. The van der Waals surface area contributed by atoms with Gasteiger partial charge in [-0.3, -0.25) is 13.9 Å². The Morgan fingerprint density at radius 2 is 1.79 bits per heavy atom. The van der Waals surface area contributed by atoms with Crippen LogP contribution in [0.1, 0.15) is 32.3 Å². The van der Waals surface area contributed by atoms with Gasteiger partial charge < -0.3 is 19.5 Å². The molecule has 0 saturated carbocycles. The molecule has 0 spiro atoms. The molecule has 12 heteroatoms. The van der Waals surface area contributed by atoms with Crippen molar-refractivity contribution in [1.29, 1.82) is 0 Å². The van der Waals surface area contributed by atoms with Crippen LogP contribution in [0.2, 0.25) is 0 Å². The van der Waals surface area contributed by atoms with Gasteiger partial charge in [0.2, 0.25) is 10.0 Å². The van der Waals surface area contributed by atoms with Crippen molar-refractivity contribution in [3.8, 4) is 11.5 Å². The zero-order chi connectivity index (χ0) is 27.5. The average molecular weight is 547 g/mol. The summed E-state index contributed by atoms with van der Waals surface area (Å²) < 4.78 is 42.3. The fourth-order valence-corrected chi connectivity index (χ4v) is 4.99. The van der Waals surface area contributed by atoms with Crippen molar-refractivity contribution in [3.05, 3.63) is 54.1 Å². The van der Waals surface area contributed by atoms with Gasteiger partial charge >= 0.3 is 0 Å². The number of benzene rings is 2. The molecule has 206 valence electrons. The molecule has 1 aliphatic rings. The Bertz CT molecular complexity index is 1200. The summed E-state index contributed by atoms with van der Waals surface area (Å²) in [6.45, 7) is 4.91. The molecule has 0 radical (unpaired) electrons. The monoisotopic (exact) mass is 546 g/mol. The highest BCUT2D eigenvalue weighted by Gasteiger charge is 2.29. The Morgan fingerprint density at radius 1 is 1.13 bits per heavy atom. The van der Waals surface area contributed by atoms with Crippen LogP contribution in [-0.2, 0) is 24.3 Å². The van der Waals surface area contributed by atoms with Gasteiger partial charge in [-0.25, -0.2) is 13.8 Å². The topological polar surface area (TPSA) is 136 Å². The van der Waals surface area contributed by atoms with Crippen LogP contribution in [0.3, 0.4) is 0 Å². The highest BCUT2D eigenvalue weighted by molar-refractivity contribution is 7.92. The smallest absolute Gasteiger partial charge is 0.263 e. The van der Waals surface area contributed by atoms with Gasteiger partial charge in [0.05, 0.1) is 30.9 Å². The number of nitrogens with one attached hydrogen (secondary N) is 2. The number of hydrogen-bond donors (Lipinski definition) is 2. The van der Waals surface area contributed by atoms with Crippen molar-refractivity contribution < 1.29 is 32.2 Å². The lowest BCUT2D eigenvalue weighted by atomic mass is 10.2. The Hall–Kier alpha value is -3.64. The van der Waals surface area contributed by atoms with Gasteiger partial charge in [0.15, 0.2) is 6.61 Å². The molecule has 2 N–H and O–H groups in total. The van der Waals surface area contributed by atoms with E-state index in [2.05, 4.69) is 15.8 Å². The number of anilines is 1. The van der Waals surface area contributed by atoms with E-state index in [0.717, 1.165) is 30.0 Å². The Labute approximate surface area is 223 Å². The van der Waals surface area contributed by atoms with E-state index in [1.165, 1.54) is 13.1 Å². The number of hydrazone groups is 1. The van der Waals surface area contributed by atoms with Crippen LogP contribution in [0, 0.1) is 0 Å². The second-order valence-corrected chi connectivity index (χ2v) is 10.6. The molecule has 0 aromatic heterocycles. The van der Waals surface area contributed by atoms with Gasteiger partial charge in [0.1, 0.15) is 17.5 Å². The third-order valence-corrected chi connectivity index (χ3v) is 6.92.